The van der Waals surface area contributed by atoms with Gasteiger partial charge in [-0.25, -0.2) is 0 Å². The molecule has 1 aliphatic rings. The van der Waals surface area contributed by atoms with E-state index in [1.165, 1.54) is 11.1 Å². The van der Waals surface area contributed by atoms with Crippen molar-refractivity contribution in [3.05, 3.63) is 82.9 Å². The van der Waals surface area contributed by atoms with Crippen LogP contribution in [0.3, 0.4) is 0 Å². The highest BCUT2D eigenvalue weighted by Gasteiger charge is 2.37. The number of hydrogen-bond acceptors (Lipinski definition) is 4. The Morgan fingerprint density at radius 1 is 1.19 bits per heavy atom. The van der Waals surface area contributed by atoms with E-state index in [4.69, 9.17) is 0 Å². The van der Waals surface area contributed by atoms with Gasteiger partial charge < -0.3 is 9.67 Å². The Balaban J connectivity index is 1.46. The van der Waals surface area contributed by atoms with E-state index in [0.29, 0.717) is 31.2 Å². The fraction of sp³-hybridized carbons (Fsp3) is 0.346. The van der Waals surface area contributed by atoms with Crippen LogP contribution in [-0.2, 0) is 11.8 Å². The van der Waals surface area contributed by atoms with Crippen molar-refractivity contribution in [3.8, 4) is 11.8 Å². The summed E-state index contributed by atoms with van der Waals surface area (Å²) in [7, 11) is 0. The summed E-state index contributed by atoms with van der Waals surface area (Å²) in [5, 5.41) is 19.5. The lowest BCUT2D eigenvalue weighted by Crippen LogP contribution is -2.33. The third-order valence-corrected chi connectivity index (χ3v) is 6.51. The first-order valence-electron chi connectivity index (χ1n) is 10.7. The van der Waals surface area contributed by atoms with Gasteiger partial charge in [0.1, 0.15) is 0 Å². The average molecular weight is 414 g/mol. The van der Waals surface area contributed by atoms with Crippen molar-refractivity contribution < 1.29 is 9.90 Å². The molecule has 0 unspecified atom stereocenters. The predicted molar refractivity (Wildman–Crippen MR) is 119 cm³/mol. The molecular formula is C26H27N3O2. The number of aliphatic hydroxyl groups excluding tert-OH is 1. The third kappa shape index (κ3) is 4.30. The van der Waals surface area contributed by atoms with Crippen LogP contribution in [0, 0.1) is 25.2 Å². The van der Waals surface area contributed by atoms with E-state index in [-0.39, 0.29) is 18.3 Å². The number of nitriles is 1. The number of aryl methyl sites for hydroxylation is 2. The Kier molecular flexibility index (Phi) is 5.75. The number of nitrogens with zero attached hydrogens (tertiary/aromatic N) is 3. The number of rotatable bonds is 5. The summed E-state index contributed by atoms with van der Waals surface area (Å²) < 4.78 is 1.97. The molecule has 0 saturated heterocycles. The summed E-state index contributed by atoms with van der Waals surface area (Å²) in [5.41, 5.74) is 5.09. The number of hydrogen-bond donors (Lipinski definition) is 1. The number of aliphatic hydroxyl groups is 1. The van der Waals surface area contributed by atoms with Gasteiger partial charge in [0.15, 0.2) is 5.78 Å². The molecule has 1 fully saturated rings. The van der Waals surface area contributed by atoms with Crippen LogP contribution in [0.15, 0.2) is 55.0 Å². The molecule has 1 aromatic carbocycles. The minimum Gasteiger partial charge on any atom is -0.393 e. The third-order valence-electron chi connectivity index (χ3n) is 6.51. The first kappa shape index (κ1) is 21.0. The Morgan fingerprint density at radius 3 is 2.61 bits per heavy atom. The Morgan fingerprint density at radius 2 is 1.97 bits per heavy atom. The summed E-state index contributed by atoms with van der Waals surface area (Å²) in [5.74, 6) is 0.0351. The van der Waals surface area contributed by atoms with Gasteiger partial charge in [0.05, 0.1) is 23.3 Å². The van der Waals surface area contributed by atoms with Crippen LogP contribution in [-0.4, -0.2) is 26.5 Å². The zero-order chi connectivity index (χ0) is 22.0. The minimum absolute atomic E-state index is 0.0351. The molecule has 1 aliphatic carbocycles. The zero-order valence-corrected chi connectivity index (χ0v) is 18.0. The topological polar surface area (TPSA) is 78.9 Å². The van der Waals surface area contributed by atoms with Crippen molar-refractivity contribution in [1.82, 2.24) is 9.55 Å². The van der Waals surface area contributed by atoms with E-state index < -0.39 is 5.41 Å². The predicted octanol–water partition coefficient (Wildman–Crippen LogP) is 4.61. The van der Waals surface area contributed by atoms with Crippen molar-refractivity contribution >= 4 is 5.78 Å². The molecule has 158 valence electrons. The van der Waals surface area contributed by atoms with Crippen molar-refractivity contribution in [2.24, 2.45) is 0 Å². The molecular weight excluding hydrogens is 386 g/mol. The molecule has 3 aromatic rings. The molecule has 5 nitrogen and oxygen atoms in total. The summed E-state index contributed by atoms with van der Waals surface area (Å²) in [4.78, 5) is 17.3. The van der Waals surface area contributed by atoms with Crippen LogP contribution < -0.4 is 0 Å². The lowest BCUT2D eigenvalue weighted by atomic mass is 9.72. The van der Waals surface area contributed by atoms with Gasteiger partial charge in [-0.05, 0) is 80.5 Å². The van der Waals surface area contributed by atoms with Crippen LogP contribution in [0.5, 0.6) is 0 Å². The molecule has 0 aliphatic heterocycles. The molecule has 0 radical (unpaired) electrons. The van der Waals surface area contributed by atoms with E-state index in [2.05, 4.69) is 43.1 Å². The molecule has 0 amide bonds. The second-order valence-electron chi connectivity index (χ2n) is 8.65. The Bertz CT molecular complexity index is 1130. The van der Waals surface area contributed by atoms with Gasteiger partial charge in [-0.3, -0.25) is 9.78 Å². The highest BCUT2D eigenvalue weighted by Crippen LogP contribution is 2.38. The number of pyridine rings is 1. The fourth-order valence-electron chi connectivity index (χ4n) is 4.23. The molecule has 1 N–H and O–H groups in total. The number of ketones is 1. The van der Waals surface area contributed by atoms with Crippen LogP contribution in [0.4, 0.5) is 0 Å². The van der Waals surface area contributed by atoms with Gasteiger partial charge in [-0.1, -0.05) is 12.1 Å². The molecule has 0 spiro atoms. The van der Waals surface area contributed by atoms with Crippen LogP contribution in [0.1, 0.15) is 58.4 Å². The van der Waals surface area contributed by atoms with Crippen LogP contribution >= 0.6 is 0 Å². The lowest BCUT2D eigenvalue weighted by molar-refractivity contribution is 0.0992. The van der Waals surface area contributed by atoms with Gasteiger partial charge in [0.2, 0.25) is 0 Å². The van der Waals surface area contributed by atoms with Crippen molar-refractivity contribution in [1.29, 1.82) is 5.26 Å². The second-order valence-corrected chi connectivity index (χ2v) is 8.65. The summed E-state index contributed by atoms with van der Waals surface area (Å²) in [6, 6.07) is 14.3. The first-order chi connectivity index (χ1) is 14.9. The number of Topliss-reactive ketones (excluding diaryl/α,β-unsaturated/α-hetero) is 1. The van der Waals surface area contributed by atoms with Crippen molar-refractivity contribution in [2.75, 3.05) is 0 Å². The van der Waals surface area contributed by atoms with Gasteiger partial charge >= 0.3 is 0 Å². The maximum atomic E-state index is 12.8. The molecule has 0 bridgehead atoms. The number of benzene rings is 1. The van der Waals surface area contributed by atoms with E-state index in [0.717, 1.165) is 16.9 Å². The fourth-order valence-corrected chi connectivity index (χ4v) is 4.23. The molecule has 5 heteroatoms. The largest absolute Gasteiger partial charge is 0.393 e. The number of aromatic nitrogens is 2. The summed E-state index contributed by atoms with van der Waals surface area (Å²) >= 11 is 0. The zero-order valence-electron chi connectivity index (χ0n) is 18.0. The minimum atomic E-state index is -0.634. The first-order valence-corrected chi connectivity index (χ1v) is 10.7. The maximum absolute atomic E-state index is 12.8. The number of carbonyl (C=O) groups is 1. The Hall–Kier alpha value is -3.23. The summed E-state index contributed by atoms with van der Waals surface area (Å²) in [6.07, 6.45) is 7.89. The molecule has 1 saturated carbocycles. The summed E-state index contributed by atoms with van der Waals surface area (Å²) in [6.45, 7) is 4.16. The normalized spacial score (nSPS) is 20.9. The highest BCUT2D eigenvalue weighted by molar-refractivity contribution is 5.97. The molecule has 4 rings (SSSR count). The van der Waals surface area contributed by atoms with E-state index >= 15 is 0 Å². The molecule has 0 atom stereocenters. The van der Waals surface area contributed by atoms with Crippen LogP contribution in [0.25, 0.3) is 5.69 Å². The van der Waals surface area contributed by atoms with Gasteiger partial charge in [0, 0.05) is 36.3 Å². The quantitative estimate of drug-likeness (QED) is 0.620. The lowest BCUT2D eigenvalue weighted by Gasteiger charge is -2.32. The van der Waals surface area contributed by atoms with E-state index in [9.17, 15) is 15.2 Å². The monoisotopic (exact) mass is 413 g/mol. The smallest absolute Gasteiger partial charge is 0.168 e. The number of carbonyl (C=O) groups excluding carboxylic acids is 1. The van der Waals surface area contributed by atoms with E-state index in [1.54, 1.807) is 6.20 Å². The van der Waals surface area contributed by atoms with Gasteiger partial charge in [-0.2, -0.15) is 5.26 Å². The molecule has 2 heterocycles. The molecule has 2 aromatic heterocycles. The SMILES string of the molecule is Cc1ccc(-n2ccc(C(=O)Cc3ccc(C4(C#N)CCC(O)CC4)nc3)c2)cc1C. The van der Waals surface area contributed by atoms with Gasteiger partial charge in [0.25, 0.3) is 0 Å². The Labute approximate surface area is 183 Å². The maximum Gasteiger partial charge on any atom is 0.168 e. The van der Waals surface area contributed by atoms with Gasteiger partial charge in [-0.15, -0.1) is 0 Å². The van der Waals surface area contributed by atoms with Crippen molar-refractivity contribution in [3.63, 3.8) is 0 Å². The molecule has 31 heavy (non-hydrogen) atoms. The second kappa shape index (κ2) is 8.49. The van der Waals surface area contributed by atoms with Crippen molar-refractivity contribution in [2.45, 2.75) is 57.5 Å². The standard InChI is InChI=1S/C26H27N3O2/c1-18-3-5-22(13-19(18)2)29-12-9-21(16-29)24(31)14-20-4-6-25(28-15-20)26(17-27)10-7-23(30)8-11-26/h3-6,9,12-13,15-16,23,30H,7-8,10-11,14H2,1-2H3. The van der Waals surface area contributed by atoms with Crippen LogP contribution in [0.2, 0.25) is 0 Å². The highest BCUT2D eigenvalue weighted by atomic mass is 16.3. The van der Waals surface area contributed by atoms with E-state index in [1.807, 2.05) is 35.2 Å². The average Bonchev–Trinajstić information content (AvgIpc) is 3.28.